The minimum atomic E-state index is -0.362. The van der Waals surface area contributed by atoms with Crippen molar-refractivity contribution in [1.82, 2.24) is 0 Å². The molecule has 0 bridgehead atoms. The second-order valence-corrected chi connectivity index (χ2v) is 5.20. The van der Waals surface area contributed by atoms with E-state index in [2.05, 4.69) is 0 Å². The number of hydrogen-bond donors (Lipinski definition) is 1. The van der Waals surface area contributed by atoms with E-state index in [0.717, 1.165) is 22.4 Å². The third kappa shape index (κ3) is 3.30. The van der Waals surface area contributed by atoms with E-state index < -0.39 is 0 Å². The first-order chi connectivity index (χ1) is 9.51. The molecule has 0 saturated heterocycles. The van der Waals surface area contributed by atoms with Crippen LogP contribution in [-0.2, 0) is 6.42 Å². The maximum atomic E-state index is 13.1. The fourth-order valence-corrected chi connectivity index (χ4v) is 2.52. The van der Waals surface area contributed by atoms with Gasteiger partial charge in [-0.1, -0.05) is 35.4 Å². The SMILES string of the molecule is COc1ccc(C)cc1CC(N)c1ccc(F)cc1Cl. The van der Waals surface area contributed by atoms with Crippen LogP contribution in [0.1, 0.15) is 22.7 Å². The Hall–Kier alpha value is -1.58. The molecule has 2 nitrogen and oxygen atoms in total. The van der Waals surface area contributed by atoms with E-state index in [1.165, 1.54) is 12.1 Å². The van der Waals surface area contributed by atoms with Crippen LogP contribution in [-0.4, -0.2) is 7.11 Å². The predicted molar refractivity (Wildman–Crippen MR) is 79.8 cm³/mol. The van der Waals surface area contributed by atoms with Crippen molar-refractivity contribution < 1.29 is 9.13 Å². The minimum Gasteiger partial charge on any atom is -0.496 e. The first kappa shape index (κ1) is 14.8. The van der Waals surface area contributed by atoms with Gasteiger partial charge in [-0.15, -0.1) is 0 Å². The second-order valence-electron chi connectivity index (χ2n) is 4.79. The number of nitrogens with two attached hydrogens (primary N) is 1. The van der Waals surface area contributed by atoms with E-state index in [0.29, 0.717) is 11.4 Å². The molecule has 1 atom stereocenters. The Bertz CT molecular complexity index is 615. The van der Waals surface area contributed by atoms with Crippen molar-refractivity contribution in [1.29, 1.82) is 0 Å². The molecule has 0 aliphatic heterocycles. The maximum Gasteiger partial charge on any atom is 0.124 e. The molecule has 0 spiro atoms. The Morgan fingerprint density at radius 1 is 1.25 bits per heavy atom. The van der Waals surface area contributed by atoms with Crippen molar-refractivity contribution in [3.8, 4) is 5.75 Å². The molecule has 2 N–H and O–H groups in total. The molecule has 20 heavy (non-hydrogen) atoms. The Labute approximate surface area is 123 Å². The van der Waals surface area contributed by atoms with Gasteiger partial charge in [0.1, 0.15) is 11.6 Å². The summed E-state index contributed by atoms with van der Waals surface area (Å²) in [4.78, 5) is 0. The first-order valence-corrected chi connectivity index (χ1v) is 6.73. The van der Waals surface area contributed by atoms with Gasteiger partial charge in [-0.3, -0.25) is 0 Å². The van der Waals surface area contributed by atoms with Gasteiger partial charge < -0.3 is 10.5 Å². The summed E-state index contributed by atoms with van der Waals surface area (Å²) in [5, 5.41) is 0.351. The van der Waals surface area contributed by atoms with Crippen molar-refractivity contribution in [2.75, 3.05) is 7.11 Å². The van der Waals surface area contributed by atoms with Crippen molar-refractivity contribution in [3.05, 3.63) is 63.9 Å². The zero-order valence-electron chi connectivity index (χ0n) is 11.5. The summed E-state index contributed by atoms with van der Waals surface area (Å²) in [5.41, 5.74) is 9.07. The molecule has 106 valence electrons. The van der Waals surface area contributed by atoms with Crippen molar-refractivity contribution in [2.24, 2.45) is 5.73 Å². The van der Waals surface area contributed by atoms with E-state index in [-0.39, 0.29) is 11.9 Å². The number of methoxy groups -OCH3 is 1. The smallest absolute Gasteiger partial charge is 0.124 e. The van der Waals surface area contributed by atoms with Gasteiger partial charge in [0.05, 0.1) is 7.11 Å². The van der Waals surface area contributed by atoms with Crippen LogP contribution in [0.2, 0.25) is 5.02 Å². The lowest BCUT2D eigenvalue weighted by Gasteiger charge is -2.16. The fourth-order valence-electron chi connectivity index (χ4n) is 2.22. The van der Waals surface area contributed by atoms with Crippen LogP contribution in [0.3, 0.4) is 0 Å². The maximum absolute atomic E-state index is 13.1. The molecule has 2 rings (SSSR count). The number of hydrogen-bond acceptors (Lipinski definition) is 2. The van der Waals surface area contributed by atoms with Gasteiger partial charge in [-0.25, -0.2) is 4.39 Å². The van der Waals surface area contributed by atoms with Crippen molar-refractivity contribution in [2.45, 2.75) is 19.4 Å². The van der Waals surface area contributed by atoms with Crippen LogP contribution in [0.15, 0.2) is 36.4 Å². The molecule has 0 aliphatic carbocycles. The average Bonchev–Trinajstić information content (AvgIpc) is 2.38. The van der Waals surface area contributed by atoms with Gasteiger partial charge in [0.15, 0.2) is 0 Å². The molecule has 0 saturated carbocycles. The second kappa shape index (κ2) is 6.25. The third-order valence-corrected chi connectivity index (χ3v) is 3.57. The lowest BCUT2D eigenvalue weighted by Crippen LogP contribution is -2.14. The Kier molecular flexibility index (Phi) is 4.63. The number of rotatable bonds is 4. The molecule has 0 fully saturated rings. The van der Waals surface area contributed by atoms with E-state index in [1.807, 2.05) is 25.1 Å². The summed E-state index contributed by atoms with van der Waals surface area (Å²) < 4.78 is 18.4. The highest BCUT2D eigenvalue weighted by molar-refractivity contribution is 6.31. The van der Waals surface area contributed by atoms with Gasteiger partial charge in [-0.05, 0) is 42.7 Å². The Morgan fingerprint density at radius 2 is 2.00 bits per heavy atom. The number of halogens is 2. The lowest BCUT2D eigenvalue weighted by atomic mass is 9.98. The summed E-state index contributed by atoms with van der Waals surface area (Å²) in [7, 11) is 1.63. The molecule has 4 heteroatoms. The highest BCUT2D eigenvalue weighted by Crippen LogP contribution is 2.28. The van der Waals surface area contributed by atoms with Crippen LogP contribution in [0, 0.1) is 12.7 Å². The van der Waals surface area contributed by atoms with Crippen molar-refractivity contribution >= 4 is 11.6 Å². The number of aryl methyl sites for hydroxylation is 1. The standard InChI is InChI=1S/C16H17ClFNO/c1-10-3-6-16(20-2)11(7-10)8-15(19)13-5-4-12(18)9-14(13)17/h3-7,9,15H,8,19H2,1-2H3. The quantitative estimate of drug-likeness (QED) is 0.923. The van der Waals surface area contributed by atoms with Gasteiger partial charge in [0.25, 0.3) is 0 Å². The van der Waals surface area contributed by atoms with Gasteiger partial charge in [-0.2, -0.15) is 0 Å². The van der Waals surface area contributed by atoms with Crippen molar-refractivity contribution in [3.63, 3.8) is 0 Å². The van der Waals surface area contributed by atoms with Crippen LogP contribution in [0.4, 0.5) is 4.39 Å². The third-order valence-electron chi connectivity index (χ3n) is 3.24. The molecule has 0 amide bonds. The highest BCUT2D eigenvalue weighted by Gasteiger charge is 2.14. The first-order valence-electron chi connectivity index (χ1n) is 6.35. The van der Waals surface area contributed by atoms with Gasteiger partial charge in [0, 0.05) is 11.1 Å². The molecule has 0 heterocycles. The highest BCUT2D eigenvalue weighted by atomic mass is 35.5. The Morgan fingerprint density at radius 3 is 2.65 bits per heavy atom. The predicted octanol–water partition coefficient (Wildman–Crippen LogP) is 4.04. The molecule has 0 aromatic heterocycles. The largest absolute Gasteiger partial charge is 0.496 e. The zero-order valence-corrected chi connectivity index (χ0v) is 12.2. The molecular formula is C16H17ClFNO. The summed E-state index contributed by atoms with van der Waals surface area (Å²) in [6.45, 7) is 2.01. The molecule has 2 aromatic carbocycles. The topological polar surface area (TPSA) is 35.2 Å². The molecular weight excluding hydrogens is 277 g/mol. The van der Waals surface area contributed by atoms with Crippen LogP contribution < -0.4 is 10.5 Å². The summed E-state index contributed by atoms with van der Waals surface area (Å²) >= 11 is 6.04. The monoisotopic (exact) mass is 293 g/mol. The van der Waals surface area contributed by atoms with E-state index in [4.69, 9.17) is 22.1 Å². The van der Waals surface area contributed by atoms with Crippen LogP contribution in [0.5, 0.6) is 5.75 Å². The zero-order chi connectivity index (χ0) is 14.7. The normalized spacial score (nSPS) is 12.2. The Balaban J connectivity index is 2.27. The summed E-state index contributed by atoms with van der Waals surface area (Å²) in [6.07, 6.45) is 0.580. The lowest BCUT2D eigenvalue weighted by molar-refractivity contribution is 0.408. The summed E-state index contributed by atoms with van der Waals surface area (Å²) in [5.74, 6) is 0.434. The fraction of sp³-hybridized carbons (Fsp3) is 0.250. The number of ether oxygens (including phenoxy) is 1. The van der Waals surface area contributed by atoms with Gasteiger partial charge >= 0.3 is 0 Å². The minimum absolute atomic E-state index is 0.307. The van der Waals surface area contributed by atoms with E-state index in [1.54, 1.807) is 13.2 Å². The molecule has 2 aromatic rings. The molecule has 0 radical (unpaired) electrons. The van der Waals surface area contributed by atoms with Gasteiger partial charge in [0.2, 0.25) is 0 Å². The summed E-state index contributed by atoms with van der Waals surface area (Å²) in [6, 6.07) is 9.92. The number of benzene rings is 2. The average molecular weight is 294 g/mol. The van der Waals surface area contributed by atoms with Crippen LogP contribution in [0.25, 0.3) is 0 Å². The molecule has 0 aliphatic rings. The van der Waals surface area contributed by atoms with Crippen LogP contribution >= 0.6 is 11.6 Å². The van der Waals surface area contributed by atoms with E-state index in [9.17, 15) is 4.39 Å². The molecule has 1 unspecified atom stereocenters. The van der Waals surface area contributed by atoms with E-state index >= 15 is 0 Å².